The summed E-state index contributed by atoms with van der Waals surface area (Å²) < 4.78 is 42.8. The Morgan fingerprint density at radius 2 is 1.96 bits per heavy atom. The summed E-state index contributed by atoms with van der Waals surface area (Å²) in [5, 5.41) is 18.0. The van der Waals surface area contributed by atoms with Crippen LogP contribution < -0.4 is 10.2 Å². The Hall–Kier alpha value is -3.17. The minimum absolute atomic E-state index is 0.0921. The number of nitro benzene ring substituents is 1. The van der Waals surface area contributed by atoms with Crippen LogP contribution in [0.4, 0.5) is 30.2 Å². The summed E-state index contributed by atoms with van der Waals surface area (Å²) in [7, 11) is 1.30. The van der Waals surface area contributed by atoms with Crippen molar-refractivity contribution in [3.63, 3.8) is 0 Å². The minimum atomic E-state index is -4.46. The number of anilines is 1. The normalized spacial score (nSPS) is 11.5. The molecule has 10 heteroatoms. The smallest absolute Gasteiger partial charge is 0.416 e. The Morgan fingerprint density at radius 3 is 2.58 bits per heavy atom. The van der Waals surface area contributed by atoms with E-state index in [2.05, 4.69) is 15.8 Å². The summed E-state index contributed by atoms with van der Waals surface area (Å²) >= 11 is 0. The molecule has 24 heavy (non-hydrogen) atoms. The molecular weight excluding hydrogens is 329 g/mol. The lowest BCUT2D eigenvalue weighted by Crippen LogP contribution is -2.04. The molecule has 0 saturated heterocycles. The number of halogens is 3. The molecule has 7 nitrogen and oxygen atoms in total. The van der Waals surface area contributed by atoms with Gasteiger partial charge in [-0.25, -0.2) is 0 Å². The molecule has 0 saturated carbocycles. The van der Waals surface area contributed by atoms with Crippen molar-refractivity contribution in [2.75, 3.05) is 12.5 Å². The third-order valence-corrected chi connectivity index (χ3v) is 2.90. The second-order valence-electron chi connectivity index (χ2n) is 4.50. The fourth-order valence-electron chi connectivity index (χ4n) is 1.76. The van der Waals surface area contributed by atoms with Crippen LogP contribution in [-0.4, -0.2) is 12.0 Å². The van der Waals surface area contributed by atoms with Gasteiger partial charge in [-0.3, -0.25) is 15.5 Å². The lowest BCUT2D eigenvalue weighted by Gasteiger charge is -2.07. The molecule has 0 amide bonds. The predicted octanol–water partition coefficient (Wildman–Crippen LogP) is 4.73. The summed E-state index contributed by atoms with van der Waals surface area (Å²) in [6.07, 6.45) is -4.46. The SMILES string of the molecule is COc1cc([N+](=O)[O-])ccc1N=NNc1cccc(C(F)(F)F)c1. The molecule has 2 aromatic rings. The van der Waals surface area contributed by atoms with Crippen LogP contribution in [-0.2, 0) is 6.18 Å². The fraction of sp³-hybridized carbons (Fsp3) is 0.143. The Morgan fingerprint density at radius 1 is 1.21 bits per heavy atom. The maximum atomic E-state index is 12.6. The van der Waals surface area contributed by atoms with Crippen LogP contribution in [0.1, 0.15) is 5.56 Å². The number of methoxy groups -OCH3 is 1. The number of nitrogens with zero attached hydrogens (tertiary/aromatic N) is 3. The topological polar surface area (TPSA) is 89.1 Å². The highest BCUT2D eigenvalue weighted by molar-refractivity contribution is 5.56. The van der Waals surface area contributed by atoms with E-state index < -0.39 is 16.7 Å². The summed E-state index contributed by atoms with van der Waals surface area (Å²) in [6, 6.07) is 8.12. The second-order valence-corrected chi connectivity index (χ2v) is 4.50. The van der Waals surface area contributed by atoms with Gasteiger partial charge in [0.2, 0.25) is 0 Å². The highest BCUT2D eigenvalue weighted by Crippen LogP contribution is 2.32. The van der Waals surface area contributed by atoms with Gasteiger partial charge in [0.1, 0.15) is 5.69 Å². The van der Waals surface area contributed by atoms with Crippen molar-refractivity contribution in [2.45, 2.75) is 6.18 Å². The van der Waals surface area contributed by atoms with E-state index in [9.17, 15) is 23.3 Å². The van der Waals surface area contributed by atoms with Crippen LogP contribution in [0.3, 0.4) is 0 Å². The second kappa shape index (κ2) is 6.94. The number of hydrogen-bond donors (Lipinski definition) is 1. The maximum absolute atomic E-state index is 12.6. The van der Waals surface area contributed by atoms with Gasteiger partial charge in [0.25, 0.3) is 5.69 Å². The number of nitro groups is 1. The lowest BCUT2D eigenvalue weighted by molar-refractivity contribution is -0.384. The number of nitrogens with one attached hydrogen (secondary N) is 1. The van der Waals surface area contributed by atoms with Gasteiger partial charge in [-0.1, -0.05) is 11.3 Å². The molecule has 2 aromatic carbocycles. The van der Waals surface area contributed by atoms with Crippen molar-refractivity contribution >= 4 is 17.1 Å². The van der Waals surface area contributed by atoms with Gasteiger partial charge in [-0.05, 0) is 24.3 Å². The molecule has 2 rings (SSSR count). The van der Waals surface area contributed by atoms with Crippen molar-refractivity contribution in [1.29, 1.82) is 0 Å². The fourth-order valence-corrected chi connectivity index (χ4v) is 1.76. The minimum Gasteiger partial charge on any atom is -0.494 e. The van der Waals surface area contributed by atoms with Crippen LogP contribution in [0.25, 0.3) is 0 Å². The first kappa shape index (κ1) is 17.2. The van der Waals surface area contributed by atoms with E-state index in [0.29, 0.717) is 0 Å². The Kier molecular flexibility index (Phi) is 4.97. The molecule has 0 spiro atoms. The molecule has 1 N–H and O–H groups in total. The van der Waals surface area contributed by atoms with E-state index in [4.69, 9.17) is 4.74 Å². The molecule has 0 unspecified atom stereocenters. The van der Waals surface area contributed by atoms with Crippen molar-refractivity contribution in [3.8, 4) is 5.75 Å². The van der Waals surface area contributed by atoms with Crippen molar-refractivity contribution in [2.24, 2.45) is 10.3 Å². The Balaban J connectivity index is 2.16. The average Bonchev–Trinajstić information content (AvgIpc) is 2.54. The van der Waals surface area contributed by atoms with E-state index in [1.54, 1.807) is 0 Å². The molecule has 0 aliphatic heterocycles. The summed E-state index contributed by atoms with van der Waals surface area (Å²) in [6.45, 7) is 0. The van der Waals surface area contributed by atoms with Crippen LogP contribution in [0.2, 0.25) is 0 Å². The number of alkyl halides is 3. The molecule has 0 bridgehead atoms. The molecule has 0 radical (unpaired) electrons. The molecule has 0 aliphatic rings. The van der Waals surface area contributed by atoms with Crippen molar-refractivity contribution < 1.29 is 22.8 Å². The zero-order valence-electron chi connectivity index (χ0n) is 12.2. The lowest BCUT2D eigenvalue weighted by atomic mass is 10.2. The van der Waals surface area contributed by atoms with E-state index in [-0.39, 0.29) is 22.8 Å². The van der Waals surface area contributed by atoms with Crippen LogP contribution in [0.5, 0.6) is 5.75 Å². The zero-order valence-corrected chi connectivity index (χ0v) is 12.2. The number of rotatable bonds is 5. The van der Waals surface area contributed by atoms with E-state index in [0.717, 1.165) is 12.1 Å². The van der Waals surface area contributed by atoms with Gasteiger partial charge in [-0.15, -0.1) is 5.11 Å². The van der Waals surface area contributed by atoms with E-state index in [1.165, 1.54) is 37.4 Å². The largest absolute Gasteiger partial charge is 0.494 e. The average molecular weight is 340 g/mol. The molecule has 126 valence electrons. The standard InChI is InChI=1S/C14H11F3N4O3/c1-24-13-8-11(21(22)23)5-6-12(13)19-20-18-10-4-2-3-9(7-10)14(15,16)17/h2-8H,1H3,(H,18,19). The van der Waals surface area contributed by atoms with E-state index >= 15 is 0 Å². The number of non-ortho nitro benzene ring substituents is 1. The van der Waals surface area contributed by atoms with Gasteiger partial charge < -0.3 is 4.74 Å². The summed E-state index contributed by atoms with van der Waals surface area (Å²) in [5.74, 6) is 0.110. The Bertz CT molecular complexity index is 778. The molecule has 0 aromatic heterocycles. The van der Waals surface area contributed by atoms with Crippen LogP contribution >= 0.6 is 0 Å². The maximum Gasteiger partial charge on any atom is 0.416 e. The molecule has 0 aliphatic carbocycles. The highest BCUT2D eigenvalue weighted by atomic mass is 19.4. The third kappa shape index (κ3) is 4.18. The van der Waals surface area contributed by atoms with Crippen LogP contribution in [0, 0.1) is 10.1 Å². The van der Waals surface area contributed by atoms with Gasteiger partial charge in [0, 0.05) is 6.07 Å². The van der Waals surface area contributed by atoms with Crippen molar-refractivity contribution in [3.05, 3.63) is 58.1 Å². The number of benzene rings is 2. The first-order valence-electron chi connectivity index (χ1n) is 6.47. The number of hydrogen-bond acceptors (Lipinski definition) is 5. The van der Waals surface area contributed by atoms with E-state index in [1.807, 2.05) is 0 Å². The molecule has 0 atom stereocenters. The number of ether oxygens (including phenoxy) is 1. The predicted molar refractivity (Wildman–Crippen MR) is 79.2 cm³/mol. The summed E-state index contributed by atoms with van der Waals surface area (Å²) in [5.41, 5.74) is 1.63. The van der Waals surface area contributed by atoms with Gasteiger partial charge in [0.15, 0.2) is 5.75 Å². The van der Waals surface area contributed by atoms with Crippen LogP contribution in [0.15, 0.2) is 52.8 Å². The van der Waals surface area contributed by atoms with Crippen molar-refractivity contribution in [1.82, 2.24) is 0 Å². The zero-order chi connectivity index (χ0) is 17.7. The quantitative estimate of drug-likeness (QED) is 0.484. The molecule has 0 fully saturated rings. The first-order valence-corrected chi connectivity index (χ1v) is 6.47. The van der Waals surface area contributed by atoms with Gasteiger partial charge >= 0.3 is 6.18 Å². The molecule has 0 heterocycles. The Labute approximate surface area is 133 Å². The first-order chi connectivity index (χ1) is 11.3. The molecular formula is C14H11F3N4O3. The third-order valence-electron chi connectivity index (χ3n) is 2.90. The highest BCUT2D eigenvalue weighted by Gasteiger charge is 2.30. The summed E-state index contributed by atoms with van der Waals surface area (Å²) in [4.78, 5) is 10.1. The van der Waals surface area contributed by atoms with Gasteiger partial charge in [-0.2, -0.15) is 13.2 Å². The monoisotopic (exact) mass is 340 g/mol. The van der Waals surface area contributed by atoms with Gasteiger partial charge in [0.05, 0.1) is 29.4 Å².